The number of hydrogen-bond acceptors (Lipinski definition) is 5. The monoisotopic (exact) mass is 296 g/mol. The maximum absolute atomic E-state index is 12.2. The van der Waals surface area contributed by atoms with Gasteiger partial charge in [0.1, 0.15) is 9.71 Å². The summed E-state index contributed by atoms with van der Waals surface area (Å²) in [6.07, 6.45) is 0. The van der Waals surface area contributed by atoms with Crippen LogP contribution < -0.4 is 11.1 Å². The average molecular weight is 296 g/mol. The Kier molecular flexibility index (Phi) is 4.29. The van der Waals surface area contributed by atoms with Gasteiger partial charge < -0.3 is 15.8 Å². The van der Waals surface area contributed by atoms with Gasteiger partial charge in [-0.1, -0.05) is 6.92 Å². The molecular weight excluding hydrogens is 276 g/mol. The number of methoxy groups -OCH3 is 1. The molecule has 1 unspecified atom stereocenters. The van der Waals surface area contributed by atoms with E-state index in [1.54, 1.807) is 11.8 Å². The van der Waals surface area contributed by atoms with E-state index >= 15 is 0 Å². The molecule has 0 saturated carbocycles. The number of aromatic nitrogens is 2. The fourth-order valence-electron chi connectivity index (χ4n) is 2.19. The molecule has 2 heterocycles. The predicted octanol–water partition coefficient (Wildman–Crippen LogP) is 1.54. The van der Waals surface area contributed by atoms with Crippen molar-refractivity contribution in [2.24, 2.45) is 13.0 Å². The zero-order valence-corrected chi connectivity index (χ0v) is 13.0. The van der Waals surface area contributed by atoms with Gasteiger partial charge in [0.2, 0.25) is 0 Å². The van der Waals surface area contributed by atoms with Crippen molar-refractivity contribution < 1.29 is 9.53 Å². The second-order valence-electron chi connectivity index (χ2n) is 5.00. The van der Waals surface area contributed by atoms with E-state index in [4.69, 9.17) is 10.5 Å². The highest BCUT2D eigenvalue weighted by Gasteiger charge is 2.21. The molecule has 2 rings (SSSR count). The molecule has 0 radical (unpaired) electrons. The SMILES string of the molecule is COCC(C)CNC(=O)c1sc2c(c(C)nn2C)c1N. The van der Waals surface area contributed by atoms with E-state index in [-0.39, 0.29) is 11.8 Å². The van der Waals surface area contributed by atoms with Crippen LogP contribution in [0.4, 0.5) is 5.69 Å². The lowest BCUT2D eigenvalue weighted by atomic mass is 10.2. The molecule has 0 aliphatic carbocycles. The molecule has 20 heavy (non-hydrogen) atoms. The molecule has 2 aromatic rings. The first kappa shape index (κ1) is 14.8. The van der Waals surface area contributed by atoms with E-state index in [0.717, 1.165) is 15.9 Å². The Labute approximate surface area is 121 Å². The summed E-state index contributed by atoms with van der Waals surface area (Å²) in [5.41, 5.74) is 7.46. The van der Waals surface area contributed by atoms with Crippen molar-refractivity contribution in [3.63, 3.8) is 0 Å². The number of nitrogen functional groups attached to an aromatic ring is 1. The van der Waals surface area contributed by atoms with Gasteiger partial charge in [-0.2, -0.15) is 5.10 Å². The molecule has 1 amide bonds. The molecular formula is C13H20N4O2S. The second kappa shape index (κ2) is 5.80. The number of ether oxygens (including phenoxy) is 1. The highest BCUT2D eigenvalue weighted by Crippen LogP contribution is 2.35. The van der Waals surface area contributed by atoms with E-state index in [1.807, 2.05) is 20.9 Å². The van der Waals surface area contributed by atoms with Crippen LogP contribution in [-0.4, -0.2) is 35.9 Å². The summed E-state index contributed by atoms with van der Waals surface area (Å²) >= 11 is 1.38. The van der Waals surface area contributed by atoms with Crippen molar-refractivity contribution in [2.45, 2.75) is 13.8 Å². The highest BCUT2D eigenvalue weighted by atomic mass is 32.1. The van der Waals surface area contributed by atoms with Gasteiger partial charge in [-0.3, -0.25) is 9.48 Å². The minimum Gasteiger partial charge on any atom is -0.397 e. The van der Waals surface area contributed by atoms with E-state index < -0.39 is 0 Å². The van der Waals surface area contributed by atoms with Gasteiger partial charge in [0.25, 0.3) is 5.91 Å². The quantitative estimate of drug-likeness (QED) is 0.877. The summed E-state index contributed by atoms with van der Waals surface area (Å²) in [5, 5.41) is 8.09. The zero-order chi connectivity index (χ0) is 14.9. The lowest BCUT2D eigenvalue weighted by molar-refractivity contribution is 0.0939. The summed E-state index contributed by atoms with van der Waals surface area (Å²) in [7, 11) is 3.51. The minimum absolute atomic E-state index is 0.133. The van der Waals surface area contributed by atoms with E-state index in [9.17, 15) is 4.79 Å². The number of thiophene rings is 1. The maximum atomic E-state index is 12.2. The number of aryl methyl sites for hydroxylation is 2. The maximum Gasteiger partial charge on any atom is 0.263 e. The standard InChI is InChI=1S/C13H20N4O2S/c1-7(6-19-4)5-15-12(18)11-10(14)9-8(2)16-17(3)13(9)20-11/h7H,5-6,14H2,1-4H3,(H,15,18). The Morgan fingerprint density at radius 1 is 1.60 bits per heavy atom. The van der Waals surface area contributed by atoms with Gasteiger partial charge in [-0.05, 0) is 12.8 Å². The van der Waals surface area contributed by atoms with Gasteiger partial charge in [-0.15, -0.1) is 11.3 Å². The fourth-order valence-corrected chi connectivity index (χ4v) is 3.29. The van der Waals surface area contributed by atoms with Crippen LogP contribution >= 0.6 is 11.3 Å². The topological polar surface area (TPSA) is 82.2 Å². The summed E-state index contributed by atoms with van der Waals surface area (Å²) in [4.78, 5) is 13.7. The Morgan fingerprint density at radius 3 is 2.90 bits per heavy atom. The molecule has 0 saturated heterocycles. The van der Waals surface area contributed by atoms with Gasteiger partial charge in [0, 0.05) is 20.7 Å². The molecule has 0 aliphatic rings. The second-order valence-corrected chi connectivity index (χ2v) is 6.00. The summed E-state index contributed by atoms with van der Waals surface area (Å²) in [6, 6.07) is 0. The number of nitrogens with two attached hydrogens (primary N) is 1. The Hall–Kier alpha value is -1.60. The zero-order valence-electron chi connectivity index (χ0n) is 12.2. The highest BCUT2D eigenvalue weighted by molar-refractivity contribution is 7.21. The predicted molar refractivity (Wildman–Crippen MR) is 81.1 cm³/mol. The van der Waals surface area contributed by atoms with Crippen molar-refractivity contribution in [2.75, 3.05) is 26.0 Å². The summed E-state index contributed by atoms with van der Waals surface area (Å²) in [6.45, 7) is 5.10. The van der Waals surface area contributed by atoms with Crippen molar-refractivity contribution in [3.8, 4) is 0 Å². The number of rotatable bonds is 5. The van der Waals surface area contributed by atoms with Gasteiger partial charge in [0.15, 0.2) is 0 Å². The lowest BCUT2D eigenvalue weighted by Gasteiger charge is -2.11. The Morgan fingerprint density at radius 2 is 2.30 bits per heavy atom. The van der Waals surface area contributed by atoms with Crippen LogP contribution in [0.15, 0.2) is 0 Å². The molecule has 0 aromatic carbocycles. The molecule has 110 valence electrons. The molecule has 3 N–H and O–H groups in total. The Balaban J connectivity index is 2.18. The number of carbonyl (C=O) groups is 1. The number of carbonyl (C=O) groups excluding carboxylic acids is 1. The average Bonchev–Trinajstić information content (AvgIpc) is 2.87. The summed E-state index contributed by atoms with van der Waals surface area (Å²) in [5.74, 6) is 0.133. The largest absolute Gasteiger partial charge is 0.397 e. The van der Waals surface area contributed by atoms with Gasteiger partial charge in [0.05, 0.1) is 23.4 Å². The van der Waals surface area contributed by atoms with Crippen LogP contribution in [0.3, 0.4) is 0 Å². The molecule has 2 aromatic heterocycles. The van der Waals surface area contributed by atoms with Crippen LogP contribution in [0.5, 0.6) is 0 Å². The smallest absolute Gasteiger partial charge is 0.263 e. The number of anilines is 1. The number of hydrogen-bond donors (Lipinski definition) is 2. The van der Waals surface area contributed by atoms with Crippen LogP contribution in [0, 0.1) is 12.8 Å². The number of fused-ring (bicyclic) bond motifs is 1. The van der Waals surface area contributed by atoms with Crippen LogP contribution in [-0.2, 0) is 11.8 Å². The molecule has 0 aliphatic heterocycles. The first-order valence-corrected chi connectivity index (χ1v) is 7.26. The molecule has 0 bridgehead atoms. The first-order valence-electron chi connectivity index (χ1n) is 6.44. The molecule has 0 fully saturated rings. The number of nitrogens with zero attached hydrogens (tertiary/aromatic N) is 2. The van der Waals surface area contributed by atoms with Crippen LogP contribution in [0.25, 0.3) is 10.2 Å². The summed E-state index contributed by atoms with van der Waals surface area (Å²) < 4.78 is 6.81. The van der Waals surface area contributed by atoms with Crippen molar-refractivity contribution in [1.29, 1.82) is 0 Å². The third-order valence-corrected chi connectivity index (χ3v) is 4.42. The van der Waals surface area contributed by atoms with E-state index in [2.05, 4.69) is 10.4 Å². The molecule has 1 atom stereocenters. The minimum atomic E-state index is -0.133. The first-order chi connectivity index (χ1) is 9.45. The number of amides is 1. The van der Waals surface area contributed by atoms with Gasteiger partial charge in [-0.25, -0.2) is 0 Å². The van der Waals surface area contributed by atoms with Crippen molar-refractivity contribution in [1.82, 2.24) is 15.1 Å². The normalized spacial score (nSPS) is 12.8. The third kappa shape index (κ3) is 2.64. The van der Waals surface area contributed by atoms with Crippen LogP contribution in [0.2, 0.25) is 0 Å². The van der Waals surface area contributed by atoms with Gasteiger partial charge >= 0.3 is 0 Å². The van der Waals surface area contributed by atoms with E-state index in [0.29, 0.717) is 23.7 Å². The fraction of sp³-hybridized carbons (Fsp3) is 0.538. The van der Waals surface area contributed by atoms with Crippen LogP contribution in [0.1, 0.15) is 22.3 Å². The lowest BCUT2D eigenvalue weighted by Crippen LogP contribution is -2.29. The number of nitrogens with one attached hydrogen (secondary N) is 1. The molecule has 0 spiro atoms. The Bertz CT molecular complexity index is 632. The molecule has 6 nitrogen and oxygen atoms in total. The van der Waals surface area contributed by atoms with Crippen molar-refractivity contribution >= 4 is 33.1 Å². The van der Waals surface area contributed by atoms with Crippen molar-refractivity contribution in [3.05, 3.63) is 10.6 Å². The third-order valence-electron chi connectivity index (χ3n) is 3.15. The van der Waals surface area contributed by atoms with E-state index in [1.165, 1.54) is 11.3 Å². The molecule has 7 heteroatoms.